The number of pyridine rings is 1. The van der Waals surface area contributed by atoms with Crippen molar-refractivity contribution in [1.82, 2.24) is 4.98 Å². The van der Waals surface area contributed by atoms with Crippen molar-refractivity contribution in [1.29, 1.82) is 0 Å². The van der Waals surface area contributed by atoms with Gasteiger partial charge in [-0.15, -0.1) is 0 Å². The summed E-state index contributed by atoms with van der Waals surface area (Å²) in [6.07, 6.45) is 5.12. The Morgan fingerprint density at radius 3 is 2.46 bits per heavy atom. The lowest BCUT2D eigenvalue weighted by molar-refractivity contribution is -0.384. The lowest BCUT2D eigenvalue weighted by atomic mass is 10.1. The minimum atomic E-state index is -4.02. The van der Waals surface area contributed by atoms with Gasteiger partial charge in [-0.3, -0.25) is 10.1 Å². The molecule has 1 fully saturated rings. The maximum absolute atomic E-state index is 11.4. The average Bonchev–Trinajstić information content (AvgIpc) is 2.62. The summed E-state index contributed by atoms with van der Waals surface area (Å²) >= 11 is 0. The molecule has 1 aromatic heterocycles. The van der Waals surface area contributed by atoms with E-state index in [9.17, 15) is 18.5 Å². The molecule has 0 radical (unpaired) electrons. The second-order valence-corrected chi connectivity index (χ2v) is 7.62. The second-order valence-electron chi connectivity index (χ2n) is 6.06. The standard InChI is InChI=1S/C16H19N5O4S/c17-26(24,25)13-5-6-14(15(10-13)21(22)23)19-12-4-7-16(18-11-12)20-8-2-1-3-9-20/h4-7,10-11,19H,1-3,8-9H2,(H2,17,24,25). The quantitative estimate of drug-likeness (QED) is 0.604. The number of piperidine rings is 1. The third-order valence-corrected chi connectivity index (χ3v) is 5.11. The number of nitrogens with two attached hydrogens (primary N) is 1. The van der Waals surface area contributed by atoms with Crippen molar-refractivity contribution in [2.75, 3.05) is 23.3 Å². The first-order valence-electron chi connectivity index (χ1n) is 8.14. The van der Waals surface area contributed by atoms with Crippen LogP contribution in [0.5, 0.6) is 0 Å². The van der Waals surface area contributed by atoms with Crippen LogP contribution in [0, 0.1) is 10.1 Å². The summed E-state index contributed by atoms with van der Waals surface area (Å²) < 4.78 is 22.8. The molecule has 0 unspecified atom stereocenters. The summed E-state index contributed by atoms with van der Waals surface area (Å²) in [7, 11) is -4.02. The molecular formula is C16H19N5O4S. The number of hydrogen-bond donors (Lipinski definition) is 2. The van der Waals surface area contributed by atoms with Crippen molar-refractivity contribution in [2.45, 2.75) is 24.2 Å². The largest absolute Gasteiger partial charge is 0.357 e. The molecule has 1 aromatic carbocycles. The van der Waals surface area contributed by atoms with E-state index in [1.807, 2.05) is 6.07 Å². The maximum Gasteiger partial charge on any atom is 0.294 e. The molecule has 1 saturated heterocycles. The fraction of sp³-hybridized carbons (Fsp3) is 0.312. The third-order valence-electron chi connectivity index (χ3n) is 4.20. The number of anilines is 3. The van der Waals surface area contributed by atoms with E-state index in [0.29, 0.717) is 5.69 Å². The molecule has 0 bridgehead atoms. The van der Waals surface area contributed by atoms with E-state index < -0.39 is 14.9 Å². The summed E-state index contributed by atoms with van der Waals surface area (Å²) in [5, 5.41) is 19.2. The first-order valence-corrected chi connectivity index (χ1v) is 9.68. The number of nitrogens with one attached hydrogen (secondary N) is 1. The summed E-state index contributed by atoms with van der Waals surface area (Å²) in [5.41, 5.74) is 0.351. The van der Waals surface area contributed by atoms with Crippen LogP contribution in [0.15, 0.2) is 41.4 Å². The summed E-state index contributed by atoms with van der Waals surface area (Å²) in [6, 6.07) is 7.12. The van der Waals surface area contributed by atoms with Gasteiger partial charge in [-0.1, -0.05) is 0 Å². The van der Waals surface area contributed by atoms with Crippen LogP contribution in [0.3, 0.4) is 0 Å². The van der Waals surface area contributed by atoms with Gasteiger partial charge in [0.1, 0.15) is 11.5 Å². The number of nitro benzene ring substituents is 1. The summed E-state index contributed by atoms with van der Waals surface area (Å²) in [6.45, 7) is 1.94. The Balaban J connectivity index is 1.83. The van der Waals surface area contributed by atoms with Gasteiger partial charge in [0.25, 0.3) is 5.69 Å². The predicted octanol–water partition coefficient (Wildman–Crippen LogP) is 2.37. The first-order chi connectivity index (χ1) is 12.3. The van der Waals surface area contributed by atoms with Crippen molar-refractivity contribution >= 4 is 32.9 Å². The zero-order valence-electron chi connectivity index (χ0n) is 14.0. The molecule has 138 valence electrons. The summed E-state index contributed by atoms with van der Waals surface area (Å²) in [5.74, 6) is 0.870. The maximum atomic E-state index is 11.4. The zero-order chi connectivity index (χ0) is 18.7. The number of primary sulfonamides is 1. The fourth-order valence-electron chi connectivity index (χ4n) is 2.87. The van der Waals surface area contributed by atoms with Crippen LogP contribution in [0.1, 0.15) is 19.3 Å². The van der Waals surface area contributed by atoms with Crippen LogP contribution in [-0.4, -0.2) is 31.4 Å². The van der Waals surface area contributed by atoms with Gasteiger partial charge in [-0.2, -0.15) is 0 Å². The number of nitrogens with zero attached hydrogens (tertiary/aromatic N) is 3. The van der Waals surface area contributed by atoms with Gasteiger partial charge in [0.15, 0.2) is 0 Å². The number of sulfonamides is 1. The molecule has 0 amide bonds. The van der Waals surface area contributed by atoms with Crippen molar-refractivity contribution in [2.24, 2.45) is 5.14 Å². The smallest absolute Gasteiger partial charge is 0.294 e. The number of hydrogen-bond acceptors (Lipinski definition) is 7. The van der Waals surface area contributed by atoms with E-state index in [2.05, 4.69) is 15.2 Å². The minimum absolute atomic E-state index is 0.162. The van der Waals surface area contributed by atoms with Crippen LogP contribution in [0.25, 0.3) is 0 Å². The zero-order valence-corrected chi connectivity index (χ0v) is 14.8. The molecule has 3 rings (SSSR count). The highest BCUT2D eigenvalue weighted by atomic mass is 32.2. The van der Waals surface area contributed by atoms with Crippen molar-refractivity contribution in [3.8, 4) is 0 Å². The van der Waals surface area contributed by atoms with E-state index in [1.54, 1.807) is 12.3 Å². The third kappa shape index (κ3) is 4.09. The average molecular weight is 377 g/mol. The highest BCUT2D eigenvalue weighted by Gasteiger charge is 2.19. The molecule has 1 aliphatic rings. The highest BCUT2D eigenvalue weighted by molar-refractivity contribution is 7.89. The molecule has 26 heavy (non-hydrogen) atoms. The number of rotatable bonds is 5. The van der Waals surface area contributed by atoms with Gasteiger partial charge in [0, 0.05) is 19.2 Å². The lowest BCUT2D eigenvalue weighted by Gasteiger charge is -2.27. The predicted molar refractivity (Wildman–Crippen MR) is 98.1 cm³/mol. The van der Waals surface area contributed by atoms with E-state index in [4.69, 9.17) is 5.14 Å². The molecule has 0 aliphatic carbocycles. The Kier molecular flexibility index (Phi) is 5.05. The molecular weight excluding hydrogens is 358 g/mol. The van der Waals surface area contributed by atoms with E-state index in [1.165, 1.54) is 18.6 Å². The molecule has 0 spiro atoms. The Morgan fingerprint density at radius 2 is 1.88 bits per heavy atom. The molecule has 2 heterocycles. The van der Waals surface area contributed by atoms with Gasteiger partial charge < -0.3 is 10.2 Å². The van der Waals surface area contributed by atoms with Gasteiger partial charge in [-0.25, -0.2) is 18.5 Å². The fourth-order valence-corrected chi connectivity index (χ4v) is 3.40. The minimum Gasteiger partial charge on any atom is -0.357 e. The van der Waals surface area contributed by atoms with Crippen LogP contribution >= 0.6 is 0 Å². The lowest BCUT2D eigenvalue weighted by Crippen LogP contribution is -2.29. The van der Waals surface area contributed by atoms with Crippen molar-refractivity contribution < 1.29 is 13.3 Å². The van der Waals surface area contributed by atoms with Gasteiger partial charge in [-0.05, 0) is 43.5 Å². The molecule has 1 aliphatic heterocycles. The van der Waals surface area contributed by atoms with E-state index in [-0.39, 0.29) is 16.3 Å². The highest BCUT2D eigenvalue weighted by Crippen LogP contribution is 2.30. The van der Waals surface area contributed by atoms with Crippen molar-refractivity contribution in [3.05, 3.63) is 46.6 Å². The van der Waals surface area contributed by atoms with E-state index in [0.717, 1.165) is 37.8 Å². The van der Waals surface area contributed by atoms with Crippen LogP contribution in [0.2, 0.25) is 0 Å². The second kappa shape index (κ2) is 7.26. The summed E-state index contributed by atoms with van der Waals surface area (Å²) in [4.78, 5) is 16.9. The normalized spacial score (nSPS) is 14.9. The van der Waals surface area contributed by atoms with Crippen LogP contribution in [0.4, 0.5) is 22.9 Å². The molecule has 3 N–H and O–H groups in total. The number of aromatic nitrogens is 1. The molecule has 2 aromatic rings. The monoisotopic (exact) mass is 377 g/mol. The van der Waals surface area contributed by atoms with Gasteiger partial charge in [0.05, 0.1) is 21.7 Å². The topological polar surface area (TPSA) is 131 Å². The molecule has 9 nitrogen and oxygen atoms in total. The first kappa shape index (κ1) is 18.1. The SMILES string of the molecule is NS(=O)(=O)c1ccc(Nc2ccc(N3CCCCC3)nc2)c([N+](=O)[O-])c1. The van der Waals surface area contributed by atoms with Gasteiger partial charge in [0.2, 0.25) is 10.0 Å². The Hall–Kier alpha value is -2.72. The van der Waals surface area contributed by atoms with Crippen LogP contribution < -0.4 is 15.4 Å². The Bertz CT molecular complexity index is 909. The number of benzene rings is 1. The molecule has 0 atom stereocenters. The number of nitro groups is 1. The Labute approximate surface area is 151 Å². The molecule has 10 heteroatoms. The van der Waals surface area contributed by atoms with Crippen LogP contribution in [-0.2, 0) is 10.0 Å². The van der Waals surface area contributed by atoms with E-state index >= 15 is 0 Å². The molecule has 0 saturated carbocycles. The van der Waals surface area contributed by atoms with Crippen molar-refractivity contribution in [3.63, 3.8) is 0 Å². The van der Waals surface area contributed by atoms with Gasteiger partial charge >= 0.3 is 0 Å². The Morgan fingerprint density at radius 1 is 1.15 bits per heavy atom.